The Morgan fingerprint density at radius 3 is 2.56 bits per heavy atom. The Morgan fingerprint density at radius 2 is 1.82 bits per heavy atom. The number of aromatic nitrogens is 2. The van der Waals surface area contributed by atoms with Crippen molar-refractivity contribution in [3.63, 3.8) is 0 Å². The lowest BCUT2D eigenvalue weighted by Gasteiger charge is -2.31. The van der Waals surface area contributed by atoms with Gasteiger partial charge in [-0.3, -0.25) is 4.79 Å². The van der Waals surface area contributed by atoms with E-state index >= 15 is 0 Å². The molecule has 1 amide bonds. The minimum Gasteiger partial charge on any atom is -0.378 e. The fourth-order valence-corrected chi connectivity index (χ4v) is 6.30. The zero-order valence-corrected chi connectivity index (χ0v) is 19.6. The van der Waals surface area contributed by atoms with Gasteiger partial charge in [-0.25, -0.2) is 21.6 Å². The van der Waals surface area contributed by atoms with Crippen LogP contribution in [0.3, 0.4) is 0 Å². The van der Waals surface area contributed by atoms with Gasteiger partial charge in [-0.05, 0) is 42.5 Å². The highest BCUT2D eigenvalue weighted by molar-refractivity contribution is 7.88. The summed E-state index contributed by atoms with van der Waals surface area (Å²) < 4.78 is 48.2. The Morgan fingerprint density at radius 1 is 1.09 bits per heavy atom. The summed E-state index contributed by atoms with van der Waals surface area (Å²) in [5.41, 5.74) is 2.57. The van der Waals surface area contributed by atoms with Gasteiger partial charge in [-0.15, -0.1) is 0 Å². The van der Waals surface area contributed by atoms with Crippen molar-refractivity contribution in [2.45, 2.75) is 24.5 Å². The molecule has 5 rings (SSSR count). The van der Waals surface area contributed by atoms with Gasteiger partial charge in [0.2, 0.25) is 10.0 Å². The second-order valence-electron chi connectivity index (χ2n) is 8.77. The number of morpholine rings is 1. The van der Waals surface area contributed by atoms with Crippen LogP contribution in [-0.2, 0) is 20.5 Å². The monoisotopic (exact) mass is 486 g/mol. The molecule has 10 heteroatoms. The number of fused-ring (bicyclic) bond motifs is 1. The molecule has 4 heterocycles. The number of hydrogen-bond acceptors (Lipinski definition) is 5. The number of carbonyl (C=O) groups is 1. The van der Waals surface area contributed by atoms with Crippen LogP contribution in [0.15, 0.2) is 48.8 Å². The maximum atomic E-state index is 14.0. The zero-order chi connectivity index (χ0) is 23.7. The lowest BCUT2D eigenvalue weighted by molar-refractivity contribution is 0.0304. The molecule has 0 atom stereocenters. The maximum Gasteiger partial charge on any atom is 0.257 e. The van der Waals surface area contributed by atoms with Gasteiger partial charge < -0.3 is 9.64 Å². The lowest BCUT2D eigenvalue weighted by atomic mass is 9.90. The second kappa shape index (κ2) is 9.44. The molecular weight excluding hydrogens is 459 g/mol. The van der Waals surface area contributed by atoms with Crippen molar-refractivity contribution in [3.05, 3.63) is 71.3 Å². The third kappa shape index (κ3) is 4.57. The summed E-state index contributed by atoms with van der Waals surface area (Å²) in [6, 6.07) is 9.96. The highest BCUT2D eigenvalue weighted by Gasteiger charge is 2.30. The average Bonchev–Trinajstić information content (AvgIpc) is 3.29. The molecule has 2 aliphatic heterocycles. The van der Waals surface area contributed by atoms with E-state index in [0.29, 0.717) is 57.8 Å². The third-order valence-corrected chi connectivity index (χ3v) is 8.52. The third-order valence-electron chi connectivity index (χ3n) is 6.69. The molecule has 8 nitrogen and oxygen atoms in total. The Labute approximate surface area is 198 Å². The van der Waals surface area contributed by atoms with Crippen molar-refractivity contribution in [2.75, 3.05) is 39.4 Å². The molecule has 0 saturated carbocycles. The number of sulfonamides is 1. The lowest BCUT2D eigenvalue weighted by Crippen LogP contribution is -2.40. The summed E-state index contributed by atoms with van der Waals surface area (Å²) in [6.45, 7) is 2.96. The first-order chi connectivity index (χ1) is 16.4. The van der Waals surface area contributed by atoms with Gasteiger partial charge in [0.1, 0.15) is 5.82 Å². The fourth-order valence-electron chi connectivity index (χ4n) is 4.72. The van der Waals surface area contributed by atoms with E-state index in [1.165, 1.54) is 16.4 Å². The number of halogens is 1. The van der Waals surface area contributed by atoms with E-state index < -0.39 is 15.8 Å². The van der Waals surface area contributed by atoms with Gasteiger partial charge in [0, 0.05) is 37.9 Å². The molecule has 1 aromatic carbocycles. The molecule has 2 fully saturated rings. The minimum absolute atomic E-state index is 0.0514. The van der Waals surface area contributed by atoms with E-state index in [-0.39, 0.29) is 23.1 Å². The Hall–Kier alpha value is -2.82. The minimum atomic E-state index is -3.60. The molecule has 34 heavy (non-hydrogen) atoms. The van der Waals surface area contributed by atoms with E-state index in [1.807, 2.05) is 18.3 Å². The number of piperidine rings is 1. The number of nitrogens with zero attached hydrogens (tertiary/aromatic N) is 4. The van der Waals surface area contributed by atoms with Crippen LogP contribution in [0.5, 0.6) is 0 Å². The van der Waals surface area contributed by atoms with Crippen molar-refractivity contribution in [1.29, 1.82) is 0 Å². The van der Waals surface area contributed by atoms with Crippen molar-refractivity contribution >= 4 is 21.4 Å². The summed E-state index contributed by atoms with van der Waals surface area (Å²) in [7, 11) is -3.60. The first-order valence-electron chi connectivity index (χ1n) is 11.5. The number of ether oxygens (including phenoxy) is 1. The summed E-state index contributed by atoms with van der Waals surface area (Å²) in [6.07, 6.45) is 4.78. The quantitative estimate of drug-likeness (QED) is 0.554. The molecule has 0 N–H and O–H groups in total. The van der Waals surface area contributed by atoms with E-state index in [0.717, 1.165) is 11.1 Å². The van der Waals surface area contributed by atoms with Crippen molar-refractivity contribution in [1.82, 2.24) is 18.8 Å². The largest absolute Gasteiger partial charge is 0.378 e. The van der Waals surface area contributed by atoms with Crippen LogP contribution in [0.1, 0.15) is 40.2 Å². The van der Waals surface area contributed by atoms with Crippen LogP contribution in [0.25, 0.3) is 5.52 Å². The summed E-state index contributed by atoms with van der Waals surface area (Å²) in [5.74, 6) is -0.716. The number of hydrogen-bond donors (Lipinski definition) is 0. The predicted molar refractivity (Wildman–Crippen MR) is 124 cm³/mol. The molecule has 0 spiro atoms. The summed E-state index contributed by atoms with van der Waals surface area (Å²) >= 11 is 0. The highest BCUT2D eigenvalue weighted by atomic mass is 32.2. The Kier molecular flexibility index (Phi) is 6.37. The molecule has 0 radical (unpaired) electrons. The zero-order valence-electron chi connectivity index (χ0n) is 18.8. The average molecular weight is 487 g/mol. The topological polar surface area (TPSA) is 84.2 Å². The molecule has 180 valence electrons. The van der Waals surface area contributed by atoms with Crippen molar-refractivity contribution < 1.29 is 22.3 Å². The standard InChI is InChI=1S/C24H27FN4O4S/c25-22-4-2-1-3-20(22)17-34(31,32)28-8-5-18(6-9-28)19-7-10-29-23(15-19)21(16-26-29)24(30)27-11-13-33-14-12-27/h1-4,7,10,15-16,18H,5-6,8-9,11-14,17H2. The number of pyridine rings is 1. The van der Waals surface area contributed by atoms with E-state index in [9.17, 15) is 17.6 Å². The van der Waals surface area contributed by atoms with Gasteiger partial charge in [-0.2, -0.15) is 5.10 Å². The first-order valence-corrected chi connectivity index (χ1v) is 13.1. The number of rotatable bonds is 5. The Bertz CT molecular complexity index is 1300. The van der Waals surface area contributed by atoms with Crippen LogP contribution in [0, 0.1) is 5.82 Å². The molecule has 2 aromatic heterocycles. The predicted octanol–water partition coefficient (Wildman–Crippen LogP) is 2.66. The van der Waals surface area contributed by atoms with Gasteiger partial charge in [-0.1, -0.05) is 18.2 Å². The highest BCUT2D eigenvalue weighted by Crippen LogP contribution is 2.31. The SMILES string of the molecule is O=C(c1cnn2ccc(C3CCN(S(=O)(=O)Cc4ccccc4F)CC3)cc12)N1CCOCC1. The van der Waals surface area contributed by atoms with Crippen LogP contribution in [0.4, 0.5) is 4.39 Å². The van der Waals surface area contributed by atoms with Crippen molar-refractivity contribution in [2.24, 2.45) is 0 Å². The van der Waals surface area contributed by atoms with Crippen LogP contribution in [-0.4, -0.2) is 72.5 Å². The smallest absolute Gasteiger partial charge is 0.257 e. The maximum absolute atomic E-state index is 14.0. The molecule has 2 saturated heterocycles. The van der Waals surface area contributed by atoms with Crippen LogP contribution < -0.4 is 0 Å². The van der Waals surface area contributed by atoms with Gasteiger partial charge >= 0.3 is 0 Å². The van der Waals surface area contributed by atoms with Gasteiger partial charge in [0.05, 0.1) is 36.2 Å². The van der Waals surface area contributed by atoms with Crippen molar-refractivity contribution in [3.8, 4) is 0 Å². The second-order valence-corrected chi connectivity index (χ2v) is 10.7. The van der Waals surface area contributed by atoms with Crippen LogP contribution >= 0.6 is 0 Å². The molecule has 2 aliphatic rings. The molecule has 0 bridgehead atoms. The number of benzene rings is 1. The molecular formula is C24H27FN4O4S. The van der Waals surface area contributed by atoms with E-state index in [4.69, 9.17) is 4.74 Å². The van der Waals surface area contributed by atoms with Gasteiger partial charge in [0.25, 0.3) is 5.91 Å². The van der Waals surface area contributed by atoms with Gasteiger partial charge in [0.15, 0.2) is 0 Å². The number of carbonyl (C=O) groups excluding carboxylic acids is 1. The first kappa shape index (κ1) is 22.9. The van der Waals surface area contributed by atoms with E-state index in [2.05, 4.69) is 5.10 Å². The normalized spacial score (nSPS) is 18.4. The summed E-state index contributed by atoms with van der Waals surface area (Å²) in [4.78, 5) is 14.8. The molecule has 0 unspecified atom stereocenters. The van der Waals surface area contributed by atoms with E-state index in [1.54, 1.807) is 27.7 Å². The fraction of sp³-hybridized carbons (Fsp3) is 0.417. The van der Waals surface area contributed by atoms with Crippen LogP contribution in [0.2, 0.25) is 0 Å². The molecule has 3 aromatic rings. The Balaban J connectivity index is 1.29. The summed E-state index contributed by atoms with van der Waals surface area (Å²) in [5, 5.41) is 4.33. The number of amides is 1. The molecule has 0 aliphatic carbocycles.